The Balaban J connectivity index is 2.91. The van der Waals surface area contributed by atoms with Crippen LogP contribution in [0.3, 0.4) is 0 Å². The molecule has 56 valence electrons. The predicted molar refractivity (Wildman–Crippen MR) is 50.2 cm³/mol. The maximum atomic E-state index is 4.25. The third-order valence-corrected chi connectivity index (χ3v) is 1.52. The van der Waals surface area contributed by atoms with E-state index in [-0.39, 0.29) is 0 Å². The second kappa shape index (κ2) is 5.52. The van der Waals surface area contributed by atoms with Gasteiger partial charge in [-0.1, -0.05) is 6.92 Å². The molecule has 0 fully saturated rings. The van der Waals surface area contributed by atoms with Gasteiger partial charge in [-0.3, -0.25) is 0 Å². The van der Waals surface area contributed by atoms with Gasteiger partial charge in [0.1, 0.15) is 0 Å². The normalized spacial score (nSPS) is 17.3. The lowest BCUT2D eigenvalue weighted by atomic mass is 10.3. The SMILES string of the molecule is CC(S)CCNC(C)P. The molecule has 0 bridgehead atoms. The van der Waals surface area contributed by atoms with Gasteiger partial charge in [0.05, 0.1) is 0 Å². The molecule has 0 aliphatic carbocycles. The number of nitrogens with one attached hydrogen (secondary N) is 1. The smallest absolute Gasteiger partial charge is 0.0183 e. The molecular formula is C6H16NPS. The molecule has 0 amide bonds. The topological polar surface area (TPSA) is 12.0 Å². The molecule has 0 aromatic carbocycles. The van der Waals surface area contributed by atoms with E-state index in [1.165, 1.54) is 0 Å². The highest BCUT2D eigenvalue weighted by Gasteiger charge is 1.94. The predicted octanol–water partition coefficient (Wildman–Crippen LogP) is 1.51. The Morgan fingerprint density at radius 1 is 1.56 bits per heavy atom. The first-order valence-electron chi connectivity index (χ1n) is 3.30. The minimum atomic E-state index is 0.515. The van der Waals surface area contributed by atoms with Crippen LogP contribution in [-0.4, -0.2) is 17.6 Å². The van der Waals surface area contributed by atoms with Crippen LogP contribution in [0.25, 0.3) is 0 Å². The van der Waals surface area contributed by atoms with Gasteiger partial charge in [-0.15, -0.1) is 9.24 Å². The Kier molecular flexibility index (Phi) is 5.97. The van der Waals surface area contributed by atoms with Gasteiger partial charge in [-0.25, -0.2) is 0 Å². The lowest BCUT2D eigenvalue weighted by Gasteiger charge is -2.08. The fourth-order valence-electron chi connectivity index (χ4n) is 0.520. The van der Waals surface area contributed by atoms with E-state index in [4.69, 9.17) is 0 Å². The Labute approximate surface area is 65.6 Å². The Morgan fingerprint density at radius 3 is 2.44 bits per heavy atom. The quantitative estimate of drug-likeness (QED) is 0.475. The van der Waals surface area contributed by atoms with Crippen LogP contribution in [0, 0.1) is 0 Å². The molecule has 0 aromatic heterocycles. The summed E-state index contributed by atoms with van der Waals surface area (Å²) in [5.41, 5.74) is 0. The van der Waals surface area contributed by atoms with Crippen LogP contribution in [0.15, 0.2) is 0 Å². The molecule has 0 heterocycles. The van der Waals surface area contributed by atoms with Crippen molar-refractivity contribution in [2.75, 3.05) is 6.54 Å². The van der Waals surface area contributed by atoms with Crippen LogP contribution >= 0.6 is 21.9 Å². The first-order valence-corrected chi connectivity index (χ1v) is 4.48. The summed E-state index contributed by atoms with van der Waals surface area (Å²) in [5, 5.41) is 3.81. The summed E-state index contributed by atoms with van der Waals surface area (Å²) >= 11 is 4.25. The number of hydrogen-bond acceptors (Lipinski definition) is 2. The molecule has 3 atom stereocenters. The second-order valence-electron chi connectivity index (χ2n) is 2.38. The van der Waals surface area contributed by atoms with Crippen molar-refractivity contribution in [1.29, 1.82) is 0 Å². The van der Waals surface area contributed by atoms with Crippen LogP contribution in [0.1, 0.15) is 20.3 Å². The van der Waals surface area contributed by atoms with Gasteiger partial charge in [-0.2, -0.15) is 12.6 Å². The molecule has 0 aromatic rings. The molecule has 0 rings (SSSR count). The molecular weight excluding hydrogens is 149 g/mol. The van der Waals surface area contributed by atoms with E-state index in [1.54, 1.807) is 0 Å². The van der Waals surface area contributed by atoms with E-state index in [0.717, 1.165) is 13.0 Å². The summed E-state index contributed by atoms with van der Waals surface area (Å²) in [6.07, 6.45) is 1.14. The zero-order valence-corrected chi connectivity index (χ0v) is 8.14. The minimum absolute atomic E-state index is 0.515. The van der Waals surface area contributed by atoms with Gasteiger partial charge < -0.3 is 5.32 Å². The molecule has 0 saturated heterocycles. The lowest BCUT2D eigenvalue weighted by Crippen LogP contribution is -2.22. The summed E-state index contributed by atoms with van der Waals surface area (Å²) < 4.78 is 0. The van der Waals surface area contributed by atoms with Crippen molar-refractivity contribution < 1.29 is 0 Å². The number of hydrogen-bond donors (Lipinski definition) is 2. The molecule has 3 heteroatoms. The summed E-state index contributed by atoms with van der Waals surface area (Å²) in [5.74, 6) is 0.525. The molecule has 0 aliphatic heterocycles. The van der Waals surface area contributed by atoms with E-state index in [1.807, 2.05) is 0 Å². The average molecular weight is 165 g/mol. The zero-order chi connectivity index (χ0) is 7.28. The third-order valence-electron chi connectivity index (χ3n) is 1.03. The van der Waals surface area contributed by atoms with Gasteiger partial charge in [0.15, 0.2) is 0 Å². The highest BCUT2D eigenvalue weighted by atomic mass is 32.1. The molecule has 0 saturated carbocycles. The van der Waals surface area contributed by atoms with Crippen molar-refractivity contribution in [3.05, 3.63) is 0 Å². The standard InChI is InChI=1S/C6H16NPS/c1-5(9)3-4-7-6(2)8/h5-7,9H,3-4,8H2,1-2H3. The van der Waals surface area contributed by atoms with E-state index in [9.17, 15) is 0 Å². The maximum Gasteiger partial charge on any atom is 0.0183 e. The molecule has 1 N–H and O–H groups in total. The highest BCUT2D eigenvalue weighted by molar-refractivity contribution is 7.80. The Bertz CT molecular complexity index is 58.1. The van der Waals surface area contributed by atoms with E-state index < -0.39 is 0 Å². The fourth-order valence-corrected chi connectivity index (χ4v) is 0.816. The van der Waals surface area contributed by atoms with Gasteiger partial charge in [0.25, 0.3) is 0 Å². The monoisotopic (exact) mass is 165 g/mol. The van der Waals surface area contributed by atoms with Gasteiger partial charge in [-0.05, 0) is 19.9 Å². The van der Waals surface area contributed by atoms with Crippen molar-refractivity contribution in [1.82, 2.24) is 5.32 Å². The molecule has 1 nitrogen and oxygen atoms in total. The van der Waals surface area contributed by atoms with Crippen molar-refractivity contribution in [2.24, 2.45) is 0 Å². The fraction of sp³-hybridized carbons (Fsp3) is 1.00. The second-order valence-corrected chi connectivity index (χ2v) is 4.26. The van der Waals surface area contributed by atoms with Crippen molar-refractivity contribution in [3.8, 4) is 0 Å². The molecule has 0 radical (unpaired) electrons. The number of thiol groups is 1. The largest absolute Gasteiger partial charge is 0.311 e. The molecule has 0 aliphatic rings. The third kappa shape index (κ3) is 8.74. The molecule has 3 unspecified atom stereocenters. The van der Waals surface area contributed by atoms with Gasteiger partial charge >= 0.3 is 0 Å². The Hall–Kier alpha value is 0.740. The van der Waals surface area contributed by atoms with Crippen molar-refractivity contribution in [3.63, 3.8) is 0 Å². The van der Waals surface area contributed by atoms with Crippen LogP contribution in [0.2, 0.25) is 0 Å². The van der Waals surface area contributed by atoms with Crippen molar-refractivity contribution in [2.45, 2.75) is 31.3 Å². The van der Waals surface area contributed by atoms with E-state index in [0.29, 0.717) is 11.0 Å². The minimum Gasteiger partial charge on any atom is -0.311 e. The lowest BCUT2D eigenvalue weighted by molar-refractivity contribution is 0.645. The van der Waals surface area contributed by atoms with E-state index >= 15 is 0 Å². The summed E-state index contributed by atoms with van der Waals surface area (Å²) in [7, 11) is 2.70. The highest BCUT2D eigenvalue weighted by Crippen LogP contribution is 1.98. The van der Waals surface area contributed by atoms with Crippen LogP contribution in [-0.2, 0) is 0 Å². The Morgan fingerprint density at radius 2 is 2.11 bits per heavy atom. The van der Waals surface area contributed by atoms with Crippen molar-refractivity contribution >= 4 is 21.9 Å². The van der Waals surface area contributed by atoms with E-state index in [2.05, 4.69) is 41.0 Å². The van der Waals surface area contributed by atoms with Crippen LogP contribution in [0.5, 0.6) is 0 Å². The van der Waals surface area contributed by atoms with Gasteiger partial charge in [0, 0.05) is 11.0 Å². The first-order chi connectivity index (χ1) is 4.13. The van der Waals surface area contributed by atoms with Crippen LogP contribution in [0.4, 0.5) is 0 Å². The summed E-state index contributed by atoms with van der Waals surface area (Å²) in [6, 6.07) is 0. The number of rotatable bonds is 4. The first kappa shape index (κ1) is 9.74. The average Bonchev–Trinajstić information content (AvgIpc) is 1.63. The van der Waals surface area contributed by atoms with Gasteiger partial charge in [0.2, 0.25) is 0 Å². The summed E-state index contributed by atoms with van der Waals surface area (Å²) in [6.45, 7) is 5.29. The van der Waals surface area contributed by atoms with Crippen LogP contribution < -0.4 is 5.32 Å². The zero-order valence-electron chi connectivity index (χ0n) is 6.09. The molecule has 0 spiro atoms. The summed E-state index contributed by atoms with van der Waals surface area (Å²) in [4.78, 5) is 0. The molecule has 9 heavy (non-hydrogen) atoms. The maximum absolute atomic E-state index is 4.25.